The molecule has 150 valence electrons. The highest BCUT2D eigenvalue weighted by Crippen LogP contribution is 2.34. The third-order valence-electron chi connectivity index (χ3n) is 3.79. The van der Waals surface area contributed by atoms with E-state index in [-0.39, 0.29) is 16.8 Å². The van der Waals surface area contributed by atoms with Gasteiger partial charge in [-0.15, -0.1) is 0 Å². The van der Waals surface area contributed by atoms with Crippen LogP contribution in [0.2, 0.25) is 0 Å². The fourth-order valence-corrected chi connectivity index (χ4v) is 3.36. The van der Waals surface area contributed by atoms with Crippen molar-refractivity contribution in [3.63, 3.8) is 0 Å². The van der Waals surface area contributed by atoms with Crippen molar-refractivity contribution in [2.75, 3.05) is 26.1 Å². The van der Waals surface area contributed by atoms with Crippen LogP contribution in [0.4, 0.5) is 5.69 Å². The molecule has 0 aliphatic rings. The summed E-state index contributed by atoms with van der Waals surface area (Å²) in [6.07, 6.45) is 1.44. The van der Waals surface area contributed by atoms with E-state index in [1.165, 1.54) is 19.3 Å². The molecule has 2 aromatic rings. The number of rotatable bonds is 7. The smallest absolute Gasteiger partial charge is 0.339 e. The molecule has 0 saturated heterocycles. The highest BCUT2D eigenvalue weighted by molar-refractivity contribution is 14.1. The van der Waals surface area contributed by atoms with Gasteiger partial charge in [-0.25, -0.2) is 4.79 Å². The number of benzene rings is 2. The van der Waals surface area contributed by atoms with E-state index in [9.17, 15) is 14.9 Å². The number of hydrogen-bond acceptors (Lipinski definition) is 6. The molecule has 1 N–H and O–H groups in total. The second-order valence-electron chi connectivity index (χ2n) is 5.63. The predicted molar refractivity (Wildman–Crippen MR) is 117 cm³/mol. The van der Waals surface area contributed by atoms with Gasteiger partial charge in [0.1, 0.15) is 11.6 Å². The normalized spacial score (nSPS) is 10.7. The molecule has 0 unspecified atom stereocenters. The van der Waals surface area contributed by atoms with Crippen LogP contribution in [0.25, 0.3) is 6.08 Å². The molecule has 8 heteroatoms. The number of hydrogen-bond donors (Lipinski definition) is 1. The Balaban J connectivity index is 2.37. The predicted octanol–water partition coefficient (Wildman–Crippen LogP) is 4.03. The van der Waals surface area contributed by atoms with E-state index in [1.807, 2.05) is 13.0 Å². The van der Waals surface area contributed by atoms with Crippen LogP contribution in [0, 0.1) is 14.9 Å². The summed E-state index contributed by atoms with van der Waals surface area (Å²) >= 11 is 2.09. The van der Waals surface area contributed by atoms with Crippen molar-refractivity contribution in [3.05, 3.63) is 56.7 Å². The van der Waals surface area contributed by atoms with E-state index in [0.29, 0.717) is 23.7 Å². The fraction of sp³-hybridized carbons (Fsp3) is 0.190. The molecule has 0 atom stereocenters. The summed E-state index contributed by atoms with van der Waals surface area (Å²) in [7, 11) is 2.80. The second-order valence-corrected chi connectivity index (χ2v) is 6.79. The van der Waals surface area contributed by atoms with Gasteiger partial charge in [0.25, 0.3) is 5.91 Å². The van der Waals surface area contributed by atoms with E-state index in [2.05, 4.69) is 27.9 Å². The summed E-state index contributed by atoms with van der Waals surface area (Å²) in [5.74, 6) is -0.136. The molecule has 0 aromatic heterocycles. The van der Waals surface area contributed by atoms with E-state index >= 15 is 0 Å². The van der Waals surface area contributed by atoms with E-state index in [4.69, 9.17) is 14.2 Å². The molecule has 1 amide bonds. The van der Waals surface area contributed by atoms with Crippen molar-refractivity contribution in [1.82, 2.24) is 0 Å². The minimum Gasteiger partial charge on any atom is -0.492 e. The minimum absolute atomic E-state index is 0.131. The SMILES string of the molecule is CCOc1cc(C=C(C#N)C(=O)Nc2ccccc2C(=O)OC)cc(I)c1OC. The first kappa shape index (κ1) is 22.2. The first-order chi connectivity index (χ1) is 13.9. The summed E-state index contributed by atoms with van der Waals surface area (Å²) in [5, 5.41) is 12.1. The standard InChI is InChI=1S/C21H19IN2O5/c1-4-29-18-11-13(10-16(22)19(18)27-2)9-14(12-23)20(25)24-17-8-6-5-7-15(17)21(26)28-3/h5-11H,4H2,1-3H3,(H,24,25). The van der Waals surface area contributed by atoms with Crippen LogP contribution in [0.5, 0.6) is 11.5 Å². The highest BCUT2D eigenvalue weighted by Gasteiger charge is 2.17. The van der Waals surface area contributed by atoms with Crippen LogP contribution in [0.3, 0.4) is 0 Å². The van der Waals surface area contributed by atoms with Crippen molar-refractivity contribution < 1.29 is 23.8 Å². The van der Waals surface area contributed by atoms with Gasteiger partial charge in [-0.2, -0.15) is 5.26 Å². The molecule has 0 fully saturated rings. The van der Waals surface area contributed by atoms with E-state index < -0.39 is 11.9 Å². The Morgan fingerprint density at radius 2 is 1.97 bits per heavy atom. The van der Waals surface area contributed by atoms with Crippen molar-refractivity contribution in [3.8, 4) is 17.6 Å². The average Bonchev–Trinajstić information content (AvgIpc) is 2.72. The molecule has 29 heavy (non-hydrogen) atoms. The molecule has 2 rings (SSSR count). The summed E-state index contributed by atoms with van der Waals surface area (Å²) in [4.78, 5) is 24.5. The van der Waals surface area contributed by atoms with Crippen molar-refractivity contribution in [1.29, 1.82) is 5.26 Å². The quantitative estimate of drug-likeness (QED) is 0.264. The summed E-state index contributed by atoms with van der Waals surface area (Å²) in [6.45, 7) is 2.29. The molecule has 0 saturated carbocycles. The number of ether oxygens (including phenoxy) is 3. The number of esters is 1. The van der Waals surface area contributed by atoms with Gasteiger partial charge in [0.15, 0.2) is 11.5 Å². The first-order valence-electron chi connectivity index (χ1n) is 8.55. The molecule has 0 spiro atoms. The largest absolute Gasteiger partial charge is 0.492 e. The van der Waals surface area contributed by atoms with E-state index in [1.54, 1.807) is 37.4 Å². The summed E-state index contributed by atoms with van der Waals surface area (Å²) in [5.41, 5.74) is 0.919. The Hall–Kier alpha value is -3.06. The van der Waals surface area contributed by atoms with Crippen LogP contribution in [-0.4, -0.2) is 32.7 Å². The highest BCUT2D eigenvalue weighted by atomic mass is 127. The fourth-order valence-electron chi connectivity index (χ4n) is 2.52. The number of carbonyl (C=O) groups is 2. The van der Waals surface area contributed by atoms with Crippen LogP contribution in [-0.2, 0) is 9.53 Å². The Bertz CT molecular complexity index is 995. The van der Waals surface area contributed by atoms with Gasteiger partial charge in [-0.05, 0) is 65.4 Å². The minimum atomic E-state index is -0.646. The molecule has 0 aliphatic heterocycles. The number of halogens is 1. The summed E-state index contributed by atoms with van der Waals surface area (Å²) < 4.78 is 16.4. The maximum absolute atomic E-state index is 12.6. The Kier molecular flexibility index (Phi) is 8.03. The van der Waals surface area contributed by atoms with Crippen LogP contribution >= 0.6 is 22.6 Å². The number of nitriles is 1. The number of nitrogens with one attached hydrogen (secondary N) is 1. The first-order valence-corrected chi connectivity index (χ1v) is 9.63. The lowest BCUT2D eigenvalue weighted by Crippen LogP contribution is -2.16. The lowest BCUT2D eigenvalue weighted by molar-refractivity contribution is -0.112. The number of anilines is 1. The zero-order valence-electron chi connectivity index (χ0n) is 16.1. The number of para-hydroxylation sites is 1. The van der Waals surface area contributed by atoms with E-state index in [0.717, 1.165) is 3.57 Å². The lowest BCUT2D eigenvalue weighted by atomic mass is 10.1. The van der Waals surface area contributed by atoms with Gasteiger partial charge < -0.3 is 19.5 Å². The van der Waals surface area contributed by atoms with Gasteiger partial charge >= 0.3 is 5.97 Å². The number of carbonyl (C=O) groups excluding carboxylic acids is 2. The number of amides is 1. The average molecular weight is 506 g/mol. The zero-order valence-corrected chi connectivity index (χ0v) is 18.3. The van der Waals surface area contributed by atoms with Gasteiger partial charge in [0.2, 0.25) is 0 Å². The van der Waals surface area contributed by atoms with Crippen molar-refractivity contribution in [2.45, 2.75) is 6.92 Å². The van der Waals surface area contributed by atoms with Gasteiger partial charge in [-0.1, -0.05) is 12.1 Å². The van der Waals surface area contributed by atoms with Gasteiger partial charge in [0.05, 0.1) is 35.6 Å². The lowest BCUT2D eigenvalue weighted by Gasteiger charge is -2.12. The summed E-state index contributed by atoms with van der Waals surface area (Å²) in [6, 6.07) is 11.8. The molecular formula is C21H19IN2O5. The molecule has 0 heterocycles. The Morgan fingerprint density at radius 3 is 2.59 bits per heavy atom. The Labute approximate surface area is 182 Å². The van der Waals surface area contributed by atoms with Crippen molar-refractivity contribution >= 4 is 46.2 Å². The molecule has 0 radical (unpaired) electrons. The zero-order chi connectivity index (χ0) is 21.4. The Morgan fingerprint density at radius 1 is 1.24 bits per heavy atom. The number of nitrogens with zero attached hydrogens (tertiary/aromatic N) is 1. The molecule has 7 nitrogen and oxygen atoms in total. The third-order valence-corrected chi connectivity index (χ3v) is 4.59. The molecule has 0 bridgehead atoms. The molecular weight excluding hydrogens is 487 g/mol. The van der Waals surface area contributed by atoms with Crippen LogP contribution in [0.15, 0.2) is 42.0 Å². The molecule has 2 aromatic carbocycles. The second kappa shape index (κ2) is 10.5. The molecule has 0 aliphatic carbocycles. The topological polar surface area (TPSA) is 97.7 Å². The van der Waals surface area contributed by atoms with Crippen LogP contribution < -0.4 is 14.8 Å². The maximum atomic E-state index is 12.6. The monoisotopic (exact) mass is 506 g/mol. The number of methoxy groups -OCH3 is 2. The van der Waals surface area contributed by atoms with Gasteiger partial charge in [-0.3, -0.25) is 4.79 Å². The van der Waals surface area contributed by atoms with Crippen molar-refractivity contribution in [2.24, 2.45) is 0 Å². The third kappa shape index (κ3) is 5.48. The maximum Gasteiger partial charge on any atom is 0.339 e. The van der Waals surface area contributed by atoms with Gasteiger partial charge in [0, 0.05) is 0 Å². The van der Waals surface area contributed by atoms with Crippen LogP contribution in [0.1, 0.15) is 22.8 Å².